The molecule has 1 saturated heterocycles. The number of aliphatic hydroxyl groups excluding tert-OH is 1. The lowest BCUT2D eigenvalue weighted by atomic mass is 10.2. The second kappa shape index (κ2) is 8.92. The molecule has 1 fully saturated rings. The third-order valence-electron chi connectivity index (χ3n) is 4.33. The molecule has 0 unspecified atom stereocenters. The zero-order chi connectivity index (χ0) is 19.4. The van der Waals surface area contributed by atoms with Crippen molar-refractivity contribution in [3.8, 4) is 0 Å². The number of ether oxygens (including phenoxy) is 2. The Balaban J connectivity index is 1.98. The molecule has 0 aromatic carbocycles. The Morgan fingerprint density at radius 1 is 1.41 bits per heavy atom. The molecule has 27 heavy (non-hydrogen) atoms. The van der Waals surface area contributed by atoms with Crippen molar-refractivity contribution in [1.29, 1.82) is 0 Å². The Kier molecular flexibility index (Phi) is 6.59. The molecule has 148 valence electrons. The molecule has 1 aliphatic rings. The fraction of sp³-hybridized carbons (Fsp3) is 0.611. The Morgan fingerprint density at radius 2 is 2.15 bits per heavy atom. The van der Waals surface area contributed by atoms with Gasteiger partial charge in [0.1, 0.15) is 21.3 Å². The molecule has 2 N–H and O–H groups in total. The predicted molar refractivity (Wildman–Crippen MR) is 104 cm³/mol. The van der Waals surface area contributed by atoms with E-state index in [4.69, 9.17) is 14.5 Å². The number of fused-ring (bicyclic) bond motifs is 1. The zero-order valence-electron chi connectivity index (χ0n) is 15.9. The molecule has 0 aliphatic carbocycles. The number of aryl methyl sites for hydroxylation is 1. The van der Waals surface area contributed by atoms with Crippen molar-refractivity contribution in [2.45, 2.75) is 33.4 Å². The molecule has 0 bridgehead atoms. The van der Waals surface area contributed by atoms with Crippen molar-refractivity contribution >= 4 is 33.3 Å². The molecule has 9 heteroatoms. The van der Waals surface area contributed by atoms with Crippen LogP contribution in [-0.4, -0.2) is 71.5 Å². The molecule has 1 aliphatic heterocycles. The van der Waals surface area contributed by atoms with Crippen LogP contribution in [0.2, 0.25) is 0 Å². The number of nitrogens with one attached hydrogen (secondary N) is 1. The number of hydrogen-bond donors (Lipinski definition) is 2. The minimum atomic E-state index is -0.513. The van der Waals surface area contributed by atoms with Gasteiger partial charge >= 0.3 is 5.97 Å². The van der Waals surface area contributed by atoms with Crippen molar-refractivity contribution < 1.29 is 19.4 Å². The van der Waals surface area contributed by atoms with Gasteiger partial charge < -0.3 is 19.9 Å². The van der Waals surface area contributed by atoms with Crippen LogP contribution in [0.25, 0.3) is 10.2 Å². The highest BCUT2D eigenvalue weighted by atomic mass is 32.1. The van der Waals surface area contributed by atoms with E-state index >= 15 is 0 Å². The van der Waals surface area contributed by atoms with Gasteiger partial charge in [0.05, 0.1) is 37.9 Å². The SMILES string of the molecule is CCOC(=O)c1sc2nc(CN3CCOCC3)nc(NC[C@@H](C)O)c2c1C. The van der Waals surface area contributed by atoms with E-state index < -0.39 is 6.10 Å². The summed E-state index contributed by atoms with van der Waals surface area (Å²) >= 11 is 1.33. The number of esters is 1. The molecule has 2 aromatic rings. The number of carbonyl (C=O) groups is 1. The number of aliphatic hydroxyl groups is 1. The Hall–Kier alpha value is -1.81. The van der Waals surface area contributed by atoms with Gasteiger partial charge in [0.2, 0.25) is 0 Å². The number of rotatable bonds is 7. The minimum absolute atomic E-state index is 0.327. The van der Waals surface area contributed by atoms with Crippen molar-refractivity contribution in [2.75, 3.05) is 44.8 Å². The van der Waals surface area contributed by atoms with Crippen molar-refractivity contribution in [3.05, 3.63) is 16.3 Å². The van der Waals surface area contributed by atoms with E-state index in [0.29, 0.717) is 49.4 Å². The number of aromatic nitrogens is 2. The van der Waals surface area contributed by atoms with Gasteiger partial charge in [-0.2, -0.15) is 0 Å². The highest BCUT2D eigenvalue weighted by Crippen LogP contribution is 2.34. The molecular weight excluding hydrogens is 368 g/mol. The number of nitrogens with zero attached hydrogens (tertiary/aromatic N) is 3. The van der Waals surface area contributed by atoms with Gasteiger partial charge in [0, 0.05) is 19.6 Å². The summed E-state index contributed by atoms with van der Waals surface area (Å²) in [5.41, 5.74) is 0.805. The van der Waals surface area contributed by atoms with Crippen LogP contribution in [0.3, 0.4) is 0 Å². The van der Waals surface area contributed by atoms with Gasteiger partial charge in [-0.15, -0.1) is 11.3 Å². The van der Waals surface area contributed by atoms with Gasteiger partial charge in [-0.1, -0.05) is 0 Å². The third kappa shape index (κ3) is 4.73. The number of hydrogen-bond acceptors (Lipinski definition) is 9. The summed E-state index contributed by atoms with van der Waals surface area (Å²) in [7, 11) is 0. The Labute approximate surface area is 162 Å². The van der Waals surface area contributed by atoms with Crippen LogP contribution in [0.4, 0.5) is 5.82 Å². The van der Waals surface area contributed by atoms with Gasteiger partial charge in [-0.3, -0.25) is 4.90 Å². The lowest BCUT2D eigenvalue weighted by Gasteiger charge is -2.25. The van der Waals surface area contributed by atoms with Gasteiger partial charge in [0.15, 0.2) is 0 Å². The van der Waals surface area contributed by atoms with Gasteiger partial charge in [0.25, 0.3) is 0 Å². The molecule has 0 radical (unpaired) electrons. The molecule has 3 heterocycles. The molecule has 0 spiro atoms. The summed E-state index contributed by atoms with van der Waals surface area (Å²) in [6.07, 6.45) is -0.513. The second-order valence-corrected chi connectivity index (χ2v) is 7.56. The van der Waals surface area contributed by atoms with Gasteiger partial charge in [-0.05, 0) is 26.3 Å². The zero-order valence-corrected chi connectivity index (χ0v) is 16.8. The smallest absolute Gasteiger partial charge is 0.348 e. The summed E-state index contributed by atoms with van der Waals surface area (Å²) in [4.78, 5) is 25.2. The minimum Gasteiger partial charge on any atom is -0.462 e. The monoisotopic (exact) mass is 394 g/mol. The summed E-state index contributed by atoms with van der Waals surface area (Å²) < 4.78 is 10.6. The fourth-order valence-electron chi connectivity index (χ4n) is 2.98. The normalized spacial score (nSPS) is 16.4. The predicted octanol–water partition coefficient (Wildman–Crippen LogP) is 1.80. The van der Waals surface area contributed by atoms with E-state index in [0.717, 1.165) is 28.9 Å². The highest BCUT2D eigenvalue weighted by Gasteiger charge is 2.22. The van der Waals surface area contributed by atoms with Crippen LogP contribution in [0.1, 0.15) is 34.9 Å². The summed E-state index contributed by atoms with van der Waals surface area (Å²) in [5.74, 6) is 0.997. The lowest BCUT2D eigenvalue weighted by molar-refractivity contribution is 0.0331. The average Bonchev–Trinajstić information content (AvgIpc) is 2.97. The maximum Gasteiger partial charge on any atom is 0.348 e. The molecule has 8 nitrogen and oxygen atoms in total. The first-order chi connectivity index (χ1) is 13.0. The molecule has 2 aromatic heterocycles. The van der Waals surface area contributed by atoms with Crippen molar-refractivity contribution in [1.82, 2.24) is 14.9 Å². The first-order valence-corrected chi connectivity index (χ1v) is 10.0. The van der Waals surface area contributed by atoms with Crippen LogP contribution < -0.4 is 5.32 Å². The maximum absolute atomic E-state index is 12.3. The van der Waals surface area contributed by atoms with Crippen molar-refractivity contribution in [2.24, 2.45) is 0 Å². The average molecular weight is 394 g/mol. The van der Waals surface area contributed by atoms with E-state index in [1.165, 1.54) is 11.3 Å². The number of morpholine rings is 1. The molecule has 1 atom stereocenters. The van der Waals surface area contributed by atoms with E-state index in [1.54, 1.807) is 13.8 Å². The fourth-order valence-corrected chi connectivity index (χ4v) is 4.07. The first-order valence-electron chi connectivity index (χ1n) is 9.18. The highest BCUT2D eigenvalue weighted by molar-refractivity contribution is 7.20. The molecular formula is C18H26N4O4S. The van der Waals surface area contributed by atoms with E-state index in [1.807, 2.05) is 6.92 Å². The van der Waals surface area contributed by atoms with E-state index in [2.05, 4.69) is 15.2 Å². The van der Waals surface area contributed by atoms with Crippen LogP contribution >= 0.6 is 11.3 Å². The van der Waals surface area contributed by atoms with Crippen LogP contribution in [0.5, 0.6) is 0 Å². The molecule has 3 rings (SSSR count). The van der Waals surface area contributed by atoms with Crippen LogP contribution in [0.15, 0.2) is 0 Å². The Morgan fingerprint density at radius 3 is 2.81 bits per heavy atom. The maximum atomic E-state index is 12.3. The molecule has 0 saturated carbocycles. The lowest BCUT2D eigenvalue weighted by Crippen LogP contribution is -2.36. The topological polar surface area (TPSA) is 96.8 Å². The van der Waals surface area contributed by atoms with Crippen molar-refractivity contribution in [3.63, 3.8) is 0 Å². The number of thiophene rings is 1. The van der Waals surface area contributed by atoms with Crippen LogP contribution in [-0.2, 0) is 16.0 Å². The number of carbonyl (C=O) groups excluding carboxylic acids is 1. The van der Waals surface area contributed by atoms with Crippen LogP contribution in [0, 0.1) is 6.92 Å². The second-order valence-electron chi connectivity index (χ2n) is 6.56. The quantitative estimate of drug-likeness (QED) is 0.686. The Bertz CT molecular complexity index is 802. The van der Waals surface area contributed by atoms with Gasteiger partial charge in [-0.25, -0.2) is 14.8 Å². The van der Waals surface area contributed by atoms with E-state index in [9.17, 15) is 9.90 Å². The first kappa shape index (κ1) is 19.9. The number of anilines is 1. The third-order valence-corrected chi connectivity index (χ3v) is 5.50. The summed E-state index contributed by atoms with van der Waals surface area (Å²) in [6.45, 7) is 9.80. The molecule has 0 amide bonds. The van der Waals surface area contributed by atoms with E-state index in [-0.39, 0.29) is 5.97 Å². The standard InChI is InChI=1S/C18H26N4O4S/c1-4-26-18(24)15-12(3)14-16(19-9-11(2)23)20-13(21-17(14)27-15)10-22-5-7-25-8-6-22/h11,23H,4-10H2,1-3H3,(H,19,20,21)/t11-/m1/s1. The summed E-state index contributed by atoms with van der Waals surface area (Å²) in [6, 6.07) is 0. The largest absolute Gasteiger partial charge is 0.462 e. The summed E-state index contributed by atoms with van der Waals surface area (Å²) in [5, 5.41) is 13.7.